The Morgan fingerprint density at radius 3 is 2.52 bits per heavy atom. The van der Waals surface area contributed by atoms with Crippen LogP contribution in [-0.4, -0.2) is 26.0 Å². The second-order valence-corrected chi connectivity index (χ2v) is 7.12. The Morgan fingerprint density at radius 1 is 1.24 bits per heavy atom. The van der Waals surface area contributed by atoms with Crippen LogP contribution in [0.15, 0.2) is 24.3 Å². The monoisotopic (exact) mass is 353 g/mol. The van der Waals surface area contributed by atoms with Crippen molar-refractivity contribution in [3.8, 4) is 11.4 Å². The van der Waals surface area contributed by atoms with E-state index >= 15 is 0 Å². The number of aliphatic hydroxyl groups is 1. The molecule has 136 valence electrons. The fraction of sp³-hybridized carbons (Fsp3) is 0.556. The number of nitrogens with zero attached hydrogens (tertiary/aromatic N) is 3. The first kappa shape index (κ1) is 17.9. The summed E-state index contributed by atoms with van der Waals surface area (Å²) in [6, 6.07) is 5.12. The van der Waals surface area contributed by atoms with Crippen LogP contribution < -0.4 is 0 Å². The lowest BCUT2D eigenvalue weighted by Crippen LogP contribution is -2.14. The van der Waals surface area contributed by atoms with Crippen molar-refractivity contribution < 1.29 is 18.3 Å². The van der Waals surface area contributed by atoms with Crippen molar-refractivity contribution in [2.75, 3.05) is 0 Å². The molecule has 0 radical (unpaired) electrons. The number of hydrogen-bond acceptors (Lipinski definition) is 3. The van der Waals surface area contributed by atoms with Gasteiger partial charge in [-0.25, -0.2) is 9.67 Å². The van der Waals surface area contributed by atoms with Crippen LogP contribution >= 0.6 is 0 Å². The molecule has 1 N–H and O–H groups in total. The molecule has 1 aliphatic carbocycles. The highest BCUT2D eigenvalue weighted by atomic mass is 19.4. The maximum atomic E-state index is 13.0. The summed E-state index contributed by atoms with van der Waals surface area (Å²) in [6.45, 7) is 5.98. The maximum Gasteiger partial charge on any atom is 0.416 e. The van der Waals surface area contributed by atoms with Gasteiger partial charge in [0.2, 0.25) is 0 Å². The standard InChI is InChI=1S/C18H22F3N3O/c1-10(2)24-17(15-9-14(25)7-11(15)3)22-16(23-24)12-5-4-6-13(8-12)18(19,20)21/h4-6,8,10-11,14-15,25H,7,9H2,1-3H3. The highest BCUT2D eigenvalue weighted by Crippen LogP contribution is 2.40. The molecule has 3 rings (SSSR count). The number of hydrogen-bond donors (Lipinski definition) is 1. The van der Waals surface area contributed by atoms with Crippen LogP contribution in [0.4, 0.5) is 13.2 Å². The summed E-state index contributed by atoms with van der Waals surface area (Å²) in [4.78, 5) is 4.57. The number of halogens is 3. The van der Waals surface area contributed by atoms with Gasteiger partial charge in [-0.1, -0.05) is 19.1 Å². The SMILES string of the molecule is CC1CC(O)CC1c1nc(-c2cccc(C(F)(F)F)c2)nn1C(C)C. The molecule has 0 amide bonds. The third-order valence-corrected chi connectivity index (χ3v) is 4.78. The van der Waals surface area contributed by atoms with Crippen molar-refractivity contribution >= 4 is 0 Å². The molecular formula is C18H22F3N3O. The van der Waals surface area contributed by atoms with E-state index < -0.39 is 11.7 Å². The van der Waals surface area contributed by atoms with E-state index in [1.807, 2.05) is 13.8 Å². The summed E-state index contributed by atoms with van der Waals surface area (Å²) < 4.78 is 40.7. The topological polar surface area (TPSA) is 50.9 Å². The van der Waals surface area contributed by atoms with E-state index in [1.54, 1.807) is 10.7 Å². The fourth-order valence-electron chi connectivity index (χ4n) is 3.50. The third kappa shape index (κ3) is 3.56. The van der Waals surface area contributed by atoms with E-state index in [-0.39, 0.29) is 24.0 Å². The van der Waals surface area contributed by atoms with E-state index in [0.717, 1.165) is 18.0 Å². The molecule has 1 aromatic carbocycles. The molecule has 1 saturated carbocycles. The first-order chi connectivity index (χ1) is 11.7. The number of rotatable bonds is 3. The lowest BCUT2D eigenvalue weighted by Gasteiger charge is -2.17. The molecule has 0 bridgehead atoms. The summed E-state index contributed by atoms with van der Waals surface area (Å²) in [7, 11) is 0. The minimum absolute atomic E-state index is 0.0343. The lowest BCUT2D eigenvalue weighted by atomic mass is 9.97. The van der Waals surface area contributed by atoms with Crippen molar-refractivity contribution in [1.82, 2.24) is 14.8 Å². The average molecular weight is 353 g/mol. The number of alkyl halides is 3. The van der Waals surface area contributed by atoms with E-state index in [1.165, 1.54) is 6.07 Å². The molecule has 0 aliphatic heterocycles. The Morgan fingerprint density at radius 2 is 1.96 bits per heavy atom. The lowest BCUT2D eigenvalue weighted by molar-refractivity contribution is -0.137. The smallest absolute Gasteiger partial charge is 0.393 e. The highest BCUT2D eigenvalue weighted by Gasteiger charge is 2.36. The Balaban J connectivity index is 2.03. The molecule has 3 unspecified atom stereocenters. The molecular weight excluding hydrogens is 331 g/mol. The zero-order valence-electron chi connectivity index (χ0n) is 14.5. The van der Waals surface area contributed by atoms with Crippen LogP contribution in [0.1, 0.15) is 57.0 Å². The van der Waals surface area contributed by atoms with Crippen LogP contribution in [0, 0.1) is 5.92 Å². The van der Waals surface area contributed by atoms with Gasteiger partial charge in [-0.3, -0.25) is 0 Å². The van der Waals surface area contributed by atoms with Gasteiger partial charge >= 0.3 is 6.18 Å². The minimum atomic E-state index is -4.40. The van der Waals surface area contributed by atoms with Gasteiger partial charge in [-0.05, 0) is 44.7 Å². The normalized spacial score (nSPS) is 24.2. The van der Waals surface area contributed by atoms with E-state index in [0.29, 0.717) is 24.2 Å². The Hall–Kier alpha value is -1.89. The van der Waals surface area contributed by atoms with E-state index in [9.17, 15) is 18.3 Å². The van der Waals surface area contributed by atoms with Gasteiger partial charge in [0.05, 0.1) is 11.7 Å². The molecule has 2 aromatic rings. The largest absolute Gasteiger partial charge is 0.416 e. The van der Waals surface area contributed by atoms with Crippen molar-refractivity contribution in [2.24, 2.45) is 5.92 Å². The van der Waals surface area contributed by atoms with Crippen LogP contribution in [0.25, 0.3) is 11.4 Å². The molecule has 4 nitrogen and oxygen atoms in total. The summed E-state index contributed by atoms with van der Waals surface area (Å²) in [6.07, 6.45) is -3.46. The summed E-state index contributed by atoms with van der Waals surface area (Å²) in [5.41, 5.74) is -0.362. The van der Waals surface area contributed by atoms with Crippen LogP contribution in [0.3, 0.4) is 0 Å². The van der Waals surface area contributed by atoms with E-state index in [2.05, 4.69) is 17.0 Å². The zero-order valence-corrected chi connectivity index (χ0v) is 14.5. The maximum absolute atomic E-state index is 13.0. The number of aromatic nitrogens is 3. The molecule has 3 atom stereocenters. The van der Waals surface area contributed by atoms with Gasteiger partial charge in [0.25, 0.3) is 0 Å². The molecule has 0 saturated heterocycles. The predicted octanol–water partition coefficient (Wildman–Crippen LogP) is 4.42. The van der Waals surface area contributed by atoms with Gasteiger partial charge in [0, 0.05) is 17.5 Å². The average Bonchev–Trinajstić information content (AvgIpc) is 3.10. The summed E-state index contributed by atoms with van der Waals surface area (Å²) in [5, 5.41) is 14.4. The minimum Gasteiger partial charge on any atom is -0.393 e. The molecule has 1 fully saturated rings. The van der Waals surface area contributed by atoms with Crippen molar-refractivity contribution in [2.45, 2.75) is 57.9 Å². The molecule has 7 heteroatoms. The van der Waals surface area contributed by atoms with Gasteiger partial charge in [0.15, 0.2) is 5.82 Å². The third-order valence-electron chi connectivity index (χ3n) is 4.78. The molecule has 1 heterocycles. The highest BCUT2D eigenvalue weighted by molar-refractivity contribution is 5.56. The first-order valence-electron chi connectivity index (χ1n) is 8.49. The van der Waals surface area contributed by atoms with Gasteiger partial charge in [-0.15, -0.1) is 0 Å². The number of aliphatic hydroxyl groups excluding tert-OH is 1. The van der Waals surface area contributed by atoms with Crippen molar-refractivity contribution in [3.05, 3.63) is 35.7 Å². The van der Waals surface area contributed by atoms with Crippen LogP contribution in [-0.2, 0) is 6.18 Å². The summed E-state index contributed by atoms with van der Waals surface area (Å²) in [5.74, 6) is 1.35. The second kappa shape index (κ2) is 6.44. The molecule has 25 heavy (non-hydrogen) atoms. The second-order valence-electron chi connectivity index (χ2n) is 7.12. The Kier molecular flexibility index (Phi) is 4.62. The Bertz CT molecular complexity index is 754. The van der Waals surface area contributed by atoms with Crippen LogP contribution in [0.2, 0.25) is 0 Å². The molecule has 0 spiro atoms. The zero-order chi connectivity index (χ0) is 18.4. The first-order valence-corrected chi connectivity index (χ1v) is 8.49. The predicted molar refractivity (Wildman–Crippen MR) is 88.0 cm³/mol. The van der Waals surface area contributed by atoms with Crippen molar-refractivity contribution in [1.29, 1.82) is 0 Å². The van der Waals surface area contributed by atoms with Crippen LogP contribution in [0.5, 0.6) is 0 Å². The quantitative estimate of drug-likeness (QED) is 0.889. The van der Waals surface area contributed by atoms with Gasteiger partial charge in [-0.2, -0.15) is 18.3 Å². The van der Waals surface area contributed by atoms with Gasteiger partial charge < -0.3 is 5.11 Å². The number of benzene rings is 1. The summed E-state index contributed by atoms with van der Waals surface area (Å²) >= 11 is 0. The van der Waals surface area contributed by atoms with E-state index in [4.69, 9.17) is 0 Å². The molecule has 1 aromatic heterocycles. The van der Waals surface area contributed by atoms with Gasteiger partial charge in [0.1, 0.15) is 5.82 Å². The fourth-order valence-corrected chi connectivity index (χ4v) is 3.50. The molecule has 1 aliphatic rings. The van der Waals surface area contributed by atoms with Crippen molar-refractivity contribution in [3.63, 3.8) is 0 Å². The Labute approximate surface area is 144 Å².